The average molecular weight is 299 g/mol. The molecule has 0 spiro atoms. The van der Waals surface area contributed by atoms with Gasteiger partial charge in [0.2, 0.25) is 10.0 Å². The fourth-order valence-electron chi connectivity index (χ4n) is 2.29. The molecule has 1 saturated heterocycles. The molecule has 2 rings (SSSR count). The van der Waals surface area contributed by atoms with Crippen LogP contribution in [0.15, 0.2) is 23.1 Å². The molecule has 0 radical (unpaired) electrons. The van der Waals surface area contributed by atoms with Gasteiger partial charge in [0.25, 0.3) is 0 Å². The molecule has 112 valence electrons. The Morgan fingerprint density at radius 1 is 1.45 bits per heavy atom. The van der Waals surface area contributed by atoms with E-state index in [1.165, 1.54) is 6.07 Å². The zero-order chi connectivity index (χ0) is 14.6. The molecule has 1 aliphatic heterocycles. The van der Waals surface area contributed by atoms with Crippen LogP contribution in [0.5, 0.6) is 0 Å². The first kappa shape index (κ1) is 15.4. The maximum Gasteiger partial charge on any atom is 0.240 e. The zero-order valence-electron chi connectivity index (χ0n) is 11.6. The molecule has 2 N–H and O–H groups in total. The third kappa shape index (κ3) is 3.79. The number of benzene rings is 1. The quantitative estimate of drug-likeness (QED) is 0.831. The van der Waals surface area contributed by atoms with E-state index in [1.807, 2.05) is 6.92 Å². The summed E-state index contributed by atoms with van der Waals surface area (Å²) >= 11 is 0. The number of ether oxygens (including phenoxy) is 1. The Kier molecular flexibility index (Phi) is 5.15. The van der Waals surface area contributed by atoms with Crippen molar-refractivity contribution in [3.63, 3.8) is 0 Å². The number of sulfonamides is 1. The molecule has 0 bridgehead atoms. The van der Waals surface area contributed by atoms with Crippen LogP contribution in [0.3, 0.4) is 0 Å². The number of aliphatic hydroxyl groups is 1. The predicted molar refractivity (Wildman–Crippen MR) is 75.9 cm³/mol. The number of aliphatic hydroxyl groups excluding tert-OH is 1. The van der Waals surface area contributed by atoms with Crippen LogP contribution in [0.4, 0.5) is 0 Å². The molecule has 1 heterocycles. The van der Waals surface area contributed by atoms with Gasteiger partial charge in [-0.3, -0.25) is 0 Å². The van der Waals surface area contributed by atoms with Crippen molar-refractivity contribution in [1.29, 1.82) is 0 Å². The van der Waals surface area contributed by atoms with Crippen LogP contribution in [0.1, 0.15) is 30.4 Å². The van der Waals surface area contributed by atoms with E-state index in [-0.39, 0.29) is 17.6 Å². The van der Waals surface area contributed by atoms with Gasteiger partial charge in [-0.25, -0.2) is 13.1 Å². The lowest BCUT2D eigenvalue weighted by Crippen LogP contribution is -2.27. The summed E-state index contributed by atoms with van der Waals surface area (Å²) in [6, 6.07) is 4.78. The van der Waals surface area contributed by atoms with Crippen molar-refractivity contribution < 1.29 is 18.3 Å². The molecular formula is C14H21NO4S. The maximum atomic E-state index is 12.2. The second-order valence-electron chi connectivity index (χ2n) is 5.07. The largest absolute Gasteiger partial charge is 0.392 e. The minimum absolute atomic E-state index is 0.162. The van der Waals surface area contributed by atoms with Crippen molar-refractivity contribution >= 4 is 10.0 Å². The molecule has 0 aliphatic carbocycles. The van der Waals surface area contributed by atoms with E-state index in [2.05, 4.69) is 4.72 Å². The Bertz CT molecular complexity index is 550. The second-order valence-corrected chi connectivity index (χ2v) is 6.83. The van der Waals surface area contributed by atoms with Gasteiger partial charge in [-0.1, -0.05) is 6.07 Å². The monoisotopic (exact) mass is 299 g/mol. The standard InChI is InChI=1S/C14H21NO4S/c1-11-4-5-14(9-12(11)10-16)20(17,18)15-7-6-13-3-2-8-19-13/h4-5,9,13,15-16H,2-3,6-8,10H2,1H3. The number of hydrogen-bond acceptors (Lipinski definition) is 4. The van der Waals surface area contributed by atoms with Gasteiger partial charge < -0.3 is 9.84 Å². The first-order valence-electron chi connectivity index (χ1n) is 6.84. The fourth-order valence-corrected chi connectivity index (χ4v) is 3.39. The van der Waals surface area contributed by atoms with Gasteiger partial charge in [0, 0.05) is 13.2 Å². The smallest absolute Gasteiger partial charge is 0.240 e. The summed E-state index contributed by atoms with van der Waals surface area (Å²) in [6.07, 6.45) is 2.91. The van der Waals surface area contributed by atoms with Gasteiger partial charge in [0.05, 0.1) is 17.6 Å². The van der Waals surface area contributed by atoms with Crippen molar-refractivity contribution in [3.8, 4) is 0 Å². The Hall–Kier alpha value is -0.950. The van der Waals surface area contributed by atoms with E-state index in [1.54, 1.807) is 12.1 Å². The summed E-state index contributed by atoms with van der Waals surface area (Å²) in [5.41, 5.74) is 1.51. The van der Waals surface area contributed by atoms with E-state index in [4.69, 9.17) is 4.74 Å². The maximum absolute atomic E-state index is 12.2. The van der Waals surface area contributed by atoms with Crippen molar-refractivity contribution in [3.05, 3.63) is 29.3 Å². The molecular weight excluding hydrogens is 278 g/mol. The Labute approximate surface area is 120 Å². The normalized spacial score (nSPS) is 19.4. The van der Waals surface area contributed by atoms with Gasteiger partial charge in [0.1, 0.15) is 0 Å². The van der Waals surface area contributed by atoms with Gasteiger partial charge in [0.15, 0.2) is 0 Å². The topological polar surface area (TPSA) is 75.6 Å². The molecule has 1 fully saturated rings. The molecule has 6 heteroatoms. The molecule has 5 nitrogen and oxygen atoms in total. The highest BCUT2D eigenvalue weighted by molar-refractivity contribution is 7.89. The number of aryl methyl sites for hydroxylation is 1. The average Bonchev–Trinajstić information content (AvgIpc) is 2.92. The Balaban J connectivity index is 1.98. The number of nitrogens with one attached hydrogen (secondary N) is 1. The summed E-state index contributed by atoms with van der Waals surface area (Å²) in [6.45, 7) is 2.82. The Morgan fingerprint density at radius 2 is 2.25 bits per heavy atom. The summed E-state index contributed by atoms with van der Waals surface area (Å²) in [4.78, 5) is 0.194. The first-order chi connectivity index (χ1) is 9.53. The van der Waals surface area contributed by atoms with Gasteiger partial charge in [-0.15, -0.1) is 0 Å². The van der Waals surface area contributed by atoms with Gasteiger partial charge >= 0.3 is 0 Å². The van der Waals surface area contributed by atoms with E-state index in [0.717, 1.165) is 25.0 Å². The molecule has 0 aromatic heterocycles. The number of rotatable bonds is 6. The lowest BCUT2D eigenvalue weighted by Gasteiger charge is -2.12. The number of hydrogen-bond donors (Lipinski definition) is 2. The molecule has 0 amide bonds. The molecule has 1 aliphatic rings. The summed E-state index contributed by atoms with van der Waals surface area (Å²) < 4.78 is 32.3. The fraction of sp³-hybridized carbons (Fsp3) is 0.571. The van der Waals surface area contributed by atoms with Crippen molar-refractivity contribution in [2.24, 2.45) is 0 Å². The SMILES string of the molecule is Cc1ccc(S(=O)(=O)NCCC2CCCO2)cc1CO. The second kappa shape index (κ2) is 6.67. The molecule has 1 aromatic carbocycles. The van der Waals surface area contributed by atoms with Crippen LogP contribution in [0.2, 0.25) is 0 Å². The van der Waals surface area contributed by atoms with Crippen molar-refractivity contribution in [2.45, 2.75) is 43.8 Å². The van der Waals surface area contributed by atoms with Crippen LogP contribution >= 0.6 is 0 Å². The molecule has 20 heavy (non-hydrogen) atoms. The van der Waals surface area contributed by atoms with E-state index >= 15 is 0 Å². The van der Waals surface area contributed by atoms with Gasteiger partial charge in [-0.2, -0.15) is 0 Å². The van der Waals surface area contributed by atoms with Crippen molar-refractivity contribution in [2.75, 3.05) is 13.2 Å². The highest BCUT2D eigenvalue weighted by Gasteiger charge is 2.18. The van der Waals surface area contributed by atoms with E-state index in [0.29, 0.717) is 18.5 Å². The lowest BCUT2D eigenvalue weighted by molar-refractivity contribution is 0.105. The molecule has 1 atom stereocenters. The van der Waals surface area contributed by atoms with Crippen LogP contribution in [-0.2, 0) is 21.4 Å². The zero-order valence-corrected chi connectivity index (χ0v) is 12.4. The van der Waals surface area contributed by atoms with Gasteiger partial charge in [-0.05, 0) is 49.4 Å². The summed E-state index contributed by atoms with van der Waals surface area (Å²) in [5, 5.41) is 9.20. The highest BCUT2D eigenvalue weighted by atomic mass is 32.2. The highest BCUT2D eigenvalue weighted by Crippen LogP contribution is 2.17. The molecule has 1 aromatic rings. The van der Waals surface area contributed by atoms with Crippen LogP contribution in [-0.4, -0.2) is 32.8 Å². The minimum Gasteiger partial charge on any atom is -0.392 e. The third-order valence-electron chi connectivity index (χ3n) is 3.58. The minimum atomic E-state index is -3.52. The third-order valence-corrected chi connectivity index (χ3v) is 5.04. The van der Waals surface area contributed by atoms with E-state index < -0.39 is 10.0 Å². The van der Waals surface area contributed by atoms with Crippen LogP contribution in [0.25, 0.3) is 0 Å². The molecule has 1 unspecified atom stereocenters. The Morgan fingerprint density at radius 3 is 2.90 bits per heavy atom. The van der Waals surface area contributed by atoms with Crippen molar-refractivity contribution in [1.82, 2.24) is 4.72 Å². The lowest BCUT2D eigenvalue weighted by atomic mass is 10.1. The summed E-state index contributed by atoms with van der Waals surface area (Å²) in [5.74, 6) is 0. The van der Waals surface area contributed by atoms with Crippen LogP contribution < -0.4 is 4.72 Å². The summed E-state index contributed by atoms with van der Waals surface area (Å²) in [7, 11) is -3.52. The first-order valence-corrected chi connectivity index (χ1v) is 8.33. The van der Waals surface area contributed by atoms with E-state index in [9.17, 15) is 13.5 Å². The predicted octanol–water partition coefficient (Wildman–Crippen LogP) is 1.33. The van der Waals surface area contributed by atoms with Crippen LogP contribution in [0, 0.1) is 6.92 Å². The molecule has 0 saturated carbocycles.